The topological polar surface area (TPSA) is 100 Å². The highest BCUT2D eigenvalue weighted by Gasteiger charge is 2.26. The maximum Gasteiger partial charge on any atom is 0.273 e. The van der Waals surface area contributed by atoms with E-state index in [0.717, 1.165) is 19.4 Å². The lowest BCUT2D eigenvalue weighted by molar-refractivity contribution is 0.0918. The number of hydrogen-bond acceptors (Lipinski definition) is 5. The SMILES string of the molecule is CNS(=O)(=O)c1cc(C(=O)NC2CCCNC2C)c(C)o1.Cl. The standard InChI is InChI=1S/C13H21N3O4S.ClH/c1-8-11(5-4-6-15-8)16-13(17)10-7-12(20-9(10)2)21(18,19)14-3;/h7-8,11,14-15H,4-6H2,1-3H3,(H,16,17);1H. The second-order valence-corrected chi connectivity index (χ2v) is 7.03. The van der Waals surface area contributed by atoms with Crippen LogP contribution in [0.3, 0.4) is 0 Å². The highest BCUT2D eigenvalue weighted by molar-refractivity contribution is 7.89. The zero-order valence-corrected chi connectivity index (χ0v) is 14.4. The van der Waals surface area contributed by atoms with Gasteiger partial charge in [-0.25, -0.2) is 13.1 Å². The molecule has 2 rings (SSSR count). The Balaban J connectivity index is 0.00000242. The number of carbonyl (C=O) groups is 1. The summed E-state index contributed by atoms with van der Waals surface area (Å²) in [6, 6.07) is 1.48. The molecule has 3 N–H and O–H groups in total. The van der Waals surface area contributed by atoms with Crippen molar-refractivity contribution < 1.29 is 17.6 Å². The van der Waals surface area contributed by atoms with E-state index in [1.165, 1.54) is 13.1 Å². The summed E-state index contributed by atoms with van der Waals surface area (Å²) in [5, 5.41) is 5.98. The summed E-state index contributed by atoms with van der Waals surface area (Å²) in [7, 11) is -2.39. The first-order valence-electron chi connectivity index (χ1n) is 6.93. The molecule has 0 saturated carbocycles. The van der Waals surface area contributed by atoms with Crippen LogP contribution in [0.4, 0.5) is 0 Å². The van der Waals surface area contributed by atoms with Gasteiger partial charge in [0, 0.05) is 18.2 Å². The van der Waals surface area contributed by atoms with Crippen molar-refractivity contribution in [2.45, 2.75) is 43.9 Å². The number of aryl methyl sites for hydroxylation is 1. The van der Waals surface area contributed by atoms with Gasteiger partial charge < -0.3 is 15.1 Å². The number of carbonyl (C=O) groups excluding carboxylic acids is 1. The minimum atomic E-state index is -3.69. The number of rotatable bonds is 4. The predicted octanol–water partition coefficient (Wildman–Crippen LogP) is 0.788. The minimum Gasteiger partial charge on any atom is -0.448 e. The fraction of sp³-hybridized carbons (Fsp3) is 0.615. The molecule has 0 aromatic carbocycles. The van der Waals surface area contributed by atoms with Gasteiger partial charge in [0.25, 0.3) is 15.9 Å². The molecule has 1 aliphatic rings. The van der Waals surface area contributed by atoms with Crippen LogP contribution in [0.15, 0.2) is 15.6 Å². The number of hydrogen-bond donors (Lipinski definition) is 3. The molecule has 1 amide bonds. The average molecular weight is 352 g/mol. The van der Waals surface area contributed by atoms with E-state index in [0.29, 0.717) is 0 Å². The van der Waals surface area contributed by atoms with Gasteiger partial charge in [-0.05, 0) is 40.3 Å². The first kappa shape index (κ1) is 19.0. The van der Waals surface area contributed by atoms with Gasteiger partial charge in [0.1, 0.15) is 5.76 Å². The second kappa shape index (κ2) is 7.45. The molecule has 0 bridgehead atoms. The van der Waals surface area contributed by atoms with E-state index in [-0.39, 0.29) is 46.8 Å². The van der Waals surface area contributed by atoms with E-state index in [2.05, 4.69) is 15.4 Å². The van der Waals surface area contributed by atoms with Gasteiger partial charge in [-0.2, -0.15) is 0 Å². The molecule has 22 heavy (non-hydrogen) atoms. The largest absolute Gasteiger partial charge is 0.448 e. The average Bonchev–Trinajstić information content (AvgIpc) is 2.84. The van der Waals surface area contributed by atoms with Crippen molar-refractivity contribution in [3.05, 3.63) is 17.4 Å². The smallest absolute Gasteiger partial charge is 0.273 e. The zero-order valence-electron chi connectivity index (χ0n) is 12.8. The second-order valence-electron chi connectivity index (χ2n) is 5.21. The molecular weight excluding hydrogens is 330 g/mol. The third-order valence-corrected chi connectivity index (χ3v) is 5.02. The number of halogens is 1. The fourth-order valence-electron chi connectivity index (χ4n) is 2.40. The number of sulfonamides is 1. The molecule has 126 valence electrons. The minimum absolute atomic E-state index is 0. The van der Waals surface area contributed by atoms with Crippen LogP contribution >= 0.6 is 12.4 Å². The molecule has 2 unspecified atom stereocenters. The van der Waals surface area contributed by atoms with Gasteiger partial charge in [-0.1, -0.05) is 0 Å². The van der Waals surface area contributed by atoms with Crippen LogP contribution < -0.4 is 15.4 Å². The van der Waals surface area contributed by atoms with Crippen molar-refractivity contribution >= 4 is 28.3 Å². The molecule has 1 saturated heterocycles. The number of amides is 1. The lowest BCUT2D eigenvalue weighted by Crippen LogP contribution is -2.51. The van der Waals surface area contributed by atoms with Gasteiger partial charge in [-0.15, -0.1) is 12.4 Å². The Morgan fingerprint density at radius 3 is 2.73 bits per heavy atom. The van der Waals surface area contributed by atoms with E-state index in [4.69, 9.17) is 4.42 Å². The quantitative estimate of drug-likeness (QED) is 0.744. The monoisotopic (exact) mass is 351 g/mol. The van der Waals surface area contributed by atoms with Crippen LogP contribution in [0.25, 0.3) is 0 Å². The van der Waals surface area contributed by atoms with Crippen LogP contribution in [0, 0.1) is 6.92 Å². The van der Waals surface area contributed by atoms with Gasteiger partial charge in [0.2, 0.25) is 5.09 Å². The summed E-state index contributed by atoms with van der Waals surface area (Å²) in [6.45, 7) is 4.54. The molecule has 0 radical (unpaired) electrons. The Labute approximate surface area is 136 Å². The van der Waals surface area contributed by atoms with Gasteiger partial charge >= 0.3 is 0 Å². The summed E-state index contributed by atoms with van der Waals surface area (Å²) in [5.74, 6) is -0.0212. The molecule has 2 heterocycles. The lowest BCUT2D eigenvalue weighted by Gasteiger charge is -2.30. The summed E-state index contributed by atoms with van der Waals surface area (Å²) in [6.07, 6.45) is 1.90. The van der Waals surface area contributed by atoms with E-state index in [1.54, 1.807) is 6.92 Å². The Bertz CT molecular complexity index is 629. The van der Waals surface area contributed by atoms with E-state index >= 15 is 0 Å². The van der Waals surface area contributed by atoms with Crippen molar-refractivity contribution in [1.82, 2.24) is 15.4 Å². The third kappa shape index (κ3) is 4.01. The Hall–Kier alpha value is -1.09. The van der Waals surface area contributed by atoms with Crippen molar-refractivity contribution in [2.24, 2.45) is 0 Å². The summed E-state index contributed by atoms with van der Waals surface area (Å²) >= 11 is 0. The normalized spacial score (nSPS) is 22.0. The molecule has 7 nitrogen and oxygen atoms in total. The molecule has 1 fully saturated rings. The molecule has 1 aliphatic heterocycles. The Morgan fingerprint density at radius 2 is 2.14 bits per heavy atom. The molecule has 1 aromatic rings. The van der Waals surface area contributed by atoms with Crippen LogP contribution in [-0.2, 0) is 10.0 Å². The molecule has 2 atom stereocenters. The van der Waals surface area contributed by atoms with Crippen molar-refractivity contribution in [1.29, 1.82) is 0 Å². The van der Waals surface area contributed by atoms with Crippen molar-refractivity contribution in [2.75, 3.05) is 13.6 Å². The molecule has 0 aliphatic carbocycles. The summed E-state index contributed by atoms with van der Waals surface area (Å²) < 4.78 is 30.7. The van der Waals surface area contributed by atoms with Gasteiger partial charge in [-0.3, -0.25) is 4.79 Å². The maximum atomic E-state index is 12.3. The zero-order chi connectivity index (χ0) is 15.6. The maximum absolute atomic E-state index is 12.3. The van der Waals surface area contributed by atoms with Crippen molar-refractivity contribution in [3.63, 3.8) is 0 Å². The Kier molecular flexibility index (Phi) is 6.42. The van der Waals surface area contributed by atoms with Gasteiger partial charge in [0.05, 0.1) is 5.56 Å². The fourth-order valence-corrected chi connectivity index (χ4v) is 3.11. The van der Waals surface area contributed by atoms with Crippen LogP contribution in [0.2, 0.25) is 0 Å². The number of piperidine rings is 1. The van der Waals surface area contributed by atoms with Crippen LogP contribution in [0.5, 0.6) is 0 Å². The summed E-state index contributed by atoms with van der Waals surface area (Å²) in [5.41, 5.74) is 0.251. The van der Waals surface area contributed by atoms with Crippen LogP contribution in [-0.4, -0.2) is 40.0 Å². The molecule has 1 aromatic heterocycles. The summed E-state index contributed by atoms with van der Waals surface area (Å²) in [4.78, 5) is 12.3. The first-order chi connectivity index (χ1) is 9.85. The molecule has 9 heteroatoms. The number of furan rings is 1. The lowest BCUT2D eigenvalue weighted by atomic mass is 9.99. The van der Waals surface area contributed by atoms with Crippen molar-refractivity contribution in [3.8, 4) is 0 Å². The van der Waals surface area contributed by atoms with E-state index < -0.39 is 10.0 Å². The highest BCUT2D eigenvalue weighted by Crippen LogP contribution is 2.19. The predicted molar refractivity (Wildman–Crippen MR) is 84.9 cm³/mol. The molecule has 0 spiro atoms. The highest BCUT2D eigenvalue weighted by atomic mass is 35.5. The molecular formula is C13H22ClN3O4S. The van der Waals surface area contributed by atoms with E-state index in [9.17, 15) is 13.2 Å². The number of nitrogens with one attached hydrogen (secondary N) is 3. The Morgan fingerprint density at radius 1 is 1.45 bits per heavy atom. The van der Waals surface area contributed by atoms with Gasteiger partial charge in [0.15, 0.2) is 0 Å². The third-order valence-electron chi connectivity index (χ3n) is 3.75. The first-order valence-corrected chi connectivity index (χ1v) is 8.41. The van der Waals surface area contributed by atoms with Crippen LogP contribution in [0.1, 0.15) is 35.9 Å². The van der Waals surface area contributed by atoms with E-state index in [1.807, 2.05) is 6.92 Å².